The van der Waals surface area contributed by atoms with Gasteiger partial charge in [-0.3, -0.25) is 19.1 Å². The Kier molecular flexibility index (Phi) is 6.31. The monoisotopic (exact) mass is 480 g/mol. The Balaban J connectivity index is 2.09. The summed E-state index contributed by atoms with van der Waals surface area (Å²) >= 11 is 0. The van der Waals surface area contributed by atoms with Crippen molar-refractivity contribution in [1.29, 1.82) is 0 Å². The fourth-order valence-corrected chi connectivity index (χ4v) is 4.25. The Bertz CT molecular complexity index is 1390. The Morgan fingerprint density at radius 1 is 1.09 bits per heavy atom. The first-order valence-electron chi connectivity index (χ1n) is 9.63. The first kappa shape index (κ1) is 23.7. The van der Waals surface area contributed by atoms with Crippen LogP contribution in [0.3, 0.4) is 0 Å². The largest absolute Gasteiger partial charge is 0.381 e. The van der Waals surface area contributed by atoms with Gasteiger partial charge in [-0.05, 0) is 51.1 Å². The van der Waals surface area contributed by atoms with Crippen LogP contribution in [-0.4, -0.2) is 49.4 Å². The molecular weight excluding hydrogens is 456 g/mol. The number of carbonyl (C=O) groups excluding carboxylic acids is 1. The minimum absolute atomic E-state index is 0.0304. The van der Waals surface area contributed by atoms with E-state index in [-0.39, 0.29) is 28.7 Å². The van der Waals surface area contributed by atoms with Crippen molar-refractivity contribution in [2.45, 2.75) is 32.1 Å². The highest BCUT2D eigenvalue weighted by Crippen LogP contribution is 2.31. The van der Waals surface area contributed by atoms with Crippen LogP contribution in [0.15, 0.2) is 36.5 Å². The van der Waals surface area contributed by atoms with E-state index in [2.05, 4.69) is 20.0 Å². The third-order valence-corrected chi connectivity index (χ3v) is 6.38. The van der Waals surface area contributed by atoms with Crippen molar-refractivity contribution in [3.05, 3.63) is 53.5 Å². The normalized spacial score (nSPS) is 13.3. The van der Waals surface area contributed by atoms with Crippen molar-refractivity contribution in [3.8, 4) is 0 Å². The zero-order chi connectivity index (χ0) is 23.8. The lowest BCUT2D eigenvalue weighted by atomic mass is 10.0. The molecule has 0 fully saturated rings. The highest BCUT2D eigenvalue weighted by Gasteiger charge is 2.28. The molecule has 12 heteroatoms. The summed E-state index contributed by atoms with van der Waals surface area (Å²) in [6.07, 6.45) is 2.35. The van der Waals surface area contributed by atoms with Gasteiger partial charge in [-0.2, -0.15) is 8.42 Å². The van der Waals surface area contributed by atoms with Crippen LogP contribution in [0.1, 0.15) is 47.8 Å². The zero-order valence-corrected chi connectivity index (χ0v) is 19.5. The first-order valence-corrected chi connectivity index (χ1v) is 13.0. The molecule has 2 heterocycles. The predicted octanol–water partition coefficient (Wildman–Crippen LogP) is 2.93. The summed E-state index contributed by atoms with van der Waals surface area (Å²) in [4.78, 5) is 20.4. The van der Waals surface area contributed by atoms with Crippen LogP contribution >= 0.6 is 0 Å². The molecule has 0 bridgehead atoms. The van der Waals surface area contributed by atoms with Crippen LogP contribution in [0.4, 0.5) is 11.4 Å². The maximum Gasteiger partial charge on any atom is 0.273 e. The van der Waals surface area contributed by atoms with Crippen molar-refractivity contribution in [2.24, 2.45) is 0 Å². The van der Waals surface area contributed by atoms with Crippen LogP contribution in [-0.2, 0) is 20.1 Å². The minimum atomic E-state index is -4.44. The number of benzene rings is 1. The van der Waals surface area contributed by atoms with Gasteiger partial charge in [-0.1, -0.05) is 0 Å². The molecule has 0 saturated heterocycles. The number of nitrogens with zero attached hydrogens (tertiary/aromatic N) is 1. The first-order chi connectivity index (χ1) is 14.8. The molecule has 2 aromatic heterocycles. The topological polar surface area (TPSA) is 158 Å². The number of ketones is 1. The van der Waals surface area contributed by atoms with E-state index in [1.54, 1.807) is 24.3 Å². The van der Waals surface area contributed by atoms with E-state index in [9.17, 15) is 26.2 Å². The Morgan fingerprint density at radius 3 is 2.38 bits per heavy atom. The fourth-order valence-electron chi connectivity index (χ4n) is 3.23. The quantitative estimate of drug-likeness (QED) is 0.283. The number of hydrogen-bond donors (Lipinski definition) is 4. The van der Waals surface area contributed by atoms with Gasteiger partial charge in [0.15, 0.2) is 0 Å². The van der Waals surface area contributed by atoms with Crippen molar-refractivity contribution in [3.63, 3.8) is 0 Å². The van der Waals surface area contributed by atoms with Crippen molar-refractivity contribution < 1.29 is 26.2 Å². The third-order valence-electron chi connectivity index (χ3n) is 4.66. The maximum atomic E-state index is 13.3. The maximum absolute atomic E-state index is 13.3. The smallest absolute Gasteiger partial charge is 0.273 e. The molecule has 1 atom stereocenters. The third kappa shape index (κ3) is 5.26. The summed E-state index contributed by atoms with van der Waals surface area (Å²) in [5.74, 6) is -0.423. The highest BCUT2D eigenvalue weighted by molar-refractivity contribution is 7.92. The van der Waals surface area contributed by atoms with Crippen molar-refractivity contribution in [1.82, 2.24) is 9.97 Å². The van der Waals surface area contributed by atoms with Crippen LogP contribution < -0.4 is 10.0 Å². The molecule has 0 aliphatic carbocycles. The second kappa shape index (κ2) is 8.52. The van der Waals surface area contributed by atoms with E-state index in [1.165, 1.54) is 19.2 Å². The number of sulfonamides is 1. The molecule has 0 aliphatic heterocycles. The molecule has 172 valence electrons. The number of pyridine rings is 1. The number of hydrogen-bond acceptors (Lipinski definition) is 7. The van der Waals surface area contributed by atoms with Crippen LogP contribution in [0.5, 0.6) is 0 Å². The van der Waals surface area contributed by atoms with Crippen LogP contribution in [0.25, 0.3) is 10.9 Å². The number of fused-ring (bicyclic) bond motifs is 1. The molecule has 3 aromatic rings. The summed E-state index contributed by atoms with van der Waals surface area (Å²) in [6, 6.07) is 7.70. The lowest BCUT2D eigenvalue weighted by molar-refractivity contribution is 0.103. The molecule has 0 amide bonds. The molecule has 10 nitrogen and oxygen atoms in total. The summed E-state index contributed by atoms with van der Waals surface area (Å²) in [5.41, 5.74) is 1.62. The van der Waals surface area contributed by atoms with Gasteiger partial charge in [0.2, 0.25) is 15.8 Å². The Labute approximate surface area is 186 Å². The number of nitrogens with one attached hydrogen (secondary N) is 3. The van der Waals surface area contributed by atoms with Crippen molar-refractivity contribution in [2.75, 3.05) is 16.3 Å². The molecule has 0 spiro atoms. The van der Waals surface area contributed by atoms with Crippen LogP contribution in [0.2, 0.25) is 0 Å². The lowest BCUT2D eigenvalue weighted by Gasteiger charge is -2.19. The number of aromatic nitrogens is 2. The number of carbonyl (C=O) groups is 1. The van der Waals surface area contributed by atoms with E-state index >= 15 is 0 Å². The van der Waals surface area contributed by atoms with Crippen LogP contribution in [0, 0.1) is 0 Å². The van der Waals surface area contributed by atoms with Gasteiger partial charge in [0.05, 0.1) is 28.9 Å². The predicted molar refractivity (Wildman–Crippen MR) is 123 cm³/mol. The van der Waals surface area contributed by atoms with Crippen molar-refractivity contribution >= 4 is 48.2 Å². The van der Waals surface area contributed by atoms with Gasteiger partial charge < -0.3 is 10.3 Å². The van der Waals surface area contributed by atoms with Gasteiger partial charge in [-0.25, -0.2) is 8.42 Å². The number of H-pyrrole nitrogens is 1. The standard InChI is InChI=1S/C20H24N4O6S2/c1-11(2)22-19-15(7-8-21-18(19)12(3)32(28,29)30)20(25)17-10-13-9-14(24-31(4,26)27)5-6-16(13)23-17/h5-12,22-24H,1-4H3,(H,28,29,30). The van der Waals surface area contributed by atoms with E-state index in [0.29, 0.717) is 16.6 Å². The van der Waals surface area contributed by atoms with Gasteiger partial charge >= 0.3 is 0 Å². The van der Waals surface area contributed by atoms with E-state index in [4.69, 9.17) is 0 Å². The number of rotatable bonds is 8. The highest BCUT2D eigenvalue weighted by atomic mass is 32.2. The Morgan fingerprint density at radius 2 is 1.78 bits per heavy atom. The second-order valence-corrected chi connectivity index (χ2v) is 11.2. The Hall–Kier alpha value is -2.96. The summed E-state index contributed by atoms with van der Waals surface area (Å²) in [5, 5.41) is 2.33. The van der Waals surface area contributed by atoms with Gasteiger partial charge in [-0.15, -0.1) is 0 Å². The molecule has 0 saturated carbocycles. The minimum Gasteiger partial charge on any atom is -0.381 e. The summed E-state index contributed by atoms with van der Waals surface area (Å²) in [7, 11) is -7.89. The zero-order valence-electron chi connectivity index (χ0n) is 17.9. The number of aromatic amines is 1. The molecule has 4 N–H and O–H groups in total. The molecule has 0 aliphatic rings. The summed E-state index contributed by atoms with van der Waals surface area (Å²) < 4.78 is 58.3. The molecule has 0 radical (unpaired) electrons. The molecular formula is C20H24N4O6S2. The van der Waals surface area contributed by atoms with E-state index < -0.39 is 31.2 Å². The molecule has 1 aromatic carbocycles. The van der Waals surface area contributed by atoms with Gasteiger partial charge in [0.1, 0.15) is 5.25 Å². The molecule has 3 rings (SSSR count). The summed E-state index contributed by atoms with van der Waals surface area (Å²) in [6.45, 7) is 4.93. The number of anilines is 2. The molecule has 1 unspecified atom stereocenters. The average molecular weight is 481 g/mol. The van der Waals surface area contributed by atoms with E-state index in [0.717, 1.165) is 6.26 Å². The molecule has 32 heavy (non-hydrogen) atoms. The van der Waals surface area contributed by atoms with Gasteiger partial charge in [0.25, 0.3) is 10.1 Å². The van der Waals surface area contributed by atoms with E-state index in [1.807, 2.05) is 13.8 Å². The fraction of sp³-hybridized carbons (Fsp3) is 0.300. The lowest BCUT2D eigenvalue weighted by Crippen LogP contribution is -2.20. The average Bonchev–Trinajstić information content (AvgIpc) is 3.08. The SMILES string of the molecule is CC(C)Nc1c(C(=O)c2cc3cc(NS(C)(=O)=O)ccc3[nH]2)ccnc1C(C)S(=O)(=O)O. The second-order valence-electron chi connectivity index (χ2n) is 7.76. The van der Waals surface area contributed by atoms with Gasteiger partial charge in [0, 0.05) is 28.8 Å².